The highest BCUT2D eigenvalue weighted by atomic mass is 32.2. The second-order valence-corrected chi connectivity index (χ2v) is 6.72. The number of rotatable bonds is 6. The van der Waals surface area contributed by atoms with Crippen LogP contribution >= 0.6 is 0 Å². The third-order valence-electron chi connectivity index (χ3n) is 3.63. The summed E-state index contributed by atoms with van der Waals surface area (Å²) in [6.07, 6.45) is 7.20. The zero-order valence-corrected chi connectivity index (χ0v) is 13.8. The number of hydrogen-bond donors (Lipinski definition) is 1. The fourth-order valence-electron chi connectivity index (χ4n) is 2.39. The molecule has 3 rings (SSSR count). The van der Waals surface area contributed by atoms with Crippen LogP contribution in [0.25, 0.3) is 5.69 Å². The maximum absolute atomic E-state index is 11.4. The average molecular weight is 325 g/mol. The molecule has 1 N–H and O–H groups in total. The highest BCUT2D eigenvalue weighted by Gasteiger charge is 2.00. The van der Waals surface area contributed by atoms with Crippen molar-refractivity contribution < 1.29 is 4.21 Å². The molecule has 4 nitrogen and oxygen atoms in total. The number of aromatic nitrogens is 2. The van der Waals surface area contributed by atoms with E-state index in [0.29, 0.717) is 0 Å². The van der Waals surface area contributed by atoms with Gasteiger partial charge in [0.1, 0.15) is 0 Å². The van der Waals surface area contributed by atoms with Crippen LogP contribution in [0.4, 0.5) is 0 Å². The predicted octanol–water partition coefficient (Wildman–Crippen LogP) is 2.90. The Labute approximate surface area is 138 Å². The van der Waals surface area contributed by atoms with Gasteiger partial charge < -0.3 is 9.88 Å². The Morgan fingerprint density at radius 3 is 2.57 bits per heavy atom. The Morgan fingerprint density at radius 2 is 1.87 bits per heavy atom. The van der Waals surface area contributed by atoms with Crippen LogP contribution in [0.3, 0.4) is 0 Å². The van der Waals surface area contributed by atoms with Gasteiger partial charge >= 0.3 is 0 Å². The lowest BCUT2D eigenvalue weighted by atomic mass is 10.2. The molecule has 0 saturated heterocycles. The molecule has 0 saturated carbocycles. The number of hydrogen-bond acceptors (Lipinski definition) is 3. The lowest BCUT2D eigenvalue weighted by Gasteiger charge is -2.08. The molecule has 118 valence electrons. The van der Waals surface area contributed by atoms with Crippen LogP contribution in [0.2, 0.25) is 0 Å². The van der Waals surface area contributed by atoms with Gasteiger partial charge in [0.25, 0.3) is 0 Å². The van der Waals surface area contributed by atoms with Crippen molar-refractivity contribution >= 4 is 10.8 Å². The van der Waals surface area contributed by atoms with Crippen molar-refractivity contribution in [2.24, 2.45) is 0 Å². The van der Waals surface area contributed by atoms with Crippen molar-refractivity contribution in [3.8, 4) is 5.69 Å². The van der Waals surface area contributed by atoms with Crippen LogP contribution in [0.15, 0.2) is 72.1 Å². The van der Waals surface area contributed by atoms with Crippen LogP contribution in [-0.2, 0) is 23.9 Å². The van der Waals surface area contributed by atoms with Gasteiger partial charge in [0, 0.05) is 53.1 Å². The topological polar surface area (TPSA) is 46.9 Å². The molecule has 0 unspecified atom stereocenters. The molecule has 1 aromatic heterocycles. The number of nitrogens with one attached hydrogen (secondary N) is 1. The smallest absolute Gasteiger partial charge is 0.0991 e. The van der Waals surface area contributed by atoms with Gasteiger partial charge in [0.15, 0.2) is 0 Å². The molecule has 1 atom stereocenters. The van der Waals surface area contributed by atoms with Crippen LogP contribution in [0.1, 0.15) is 11.1 Å². The summed E-state index contributed by atoms with van der Waals surface area (Å²) in [5, 5.41) is 3.44. The molecular weight excluding hydrogens is 306 g/mol. The molecule has 5 heteroatoms. The SMILES string of the molecule is C[S@](=O)c1ccc(CNCc2cccc(-n3ccnc3)c2)cc1. The van der Waals surface area contributed by atoms with Crippen molar-refractivity contribution in [2.75, 3.05) is 6.26 Å². The summed E-state index contributed by atoms with van der Waals surface area (Å²) < 4.78 is 13.4. The van der Waals surface area contributed by atoms with Gasteiger partial charge in [0.2, 0.25) is 0 Å². The summed E-state index contributed by atoms with van der Waals surface area (Å²) >= 11 is 0. The highest BCUT2D eigenvalue weighted by molar-refractivity contribution is 7.84. The van der Waals surface area contributed by atoms with Crippen molar-refractivity contribution in [1.29, 1.82) is 0 Å². The quantitative estimate of drug-likeness (QED) is 0.758. The van der Waals surface area contributed by atoms with E-state index in [-0.39, 0.29) is 0 Å². The van der Waals surface area contributed by atoms with E-state index in [0.717, 1.165) is 23.7 Å². The first-order valence-corrected chi connectivity index (χ1v) is 8.98. The number of benzene rings is 2. The summed E-state index contributed by atoms with van der Waals surface area (Å²) in [7, 11) is -0.918. The summed E-state index contributed by atoms with van der Waals surface area (Å²) in [6, 6.07) is 16.3. The van der Waals surface area contributed by atoms with Crippen molar-refractivity contribution in [3.63, 3.8) is 0 Å². The largest absolute Gasteiger partial charge is 0.309 e. The average Bonchev–Trinajstić information content (AvgIpc) is 3.10. The van der Waals surface area contributed by atoms with Crippen molar-refractivity contribution in [3.05, 3.63) is 78.4 Å². The Bertz CT molecular complexity index is 782. The van der Waals surface area contributed by atoms with E-state index in [2.05, 4.69) is 34.6 Å². The van der Waals surface area contributed by atoms with Crippen LogP contribution in [-0.4, -0.2) is 20.0 Å². The van der Waals surface area contributed by atoms with E-state index in [1.54, 1.807) is 18.8 Å². The molecule has 0 amide bonds. The van der Waals surface area contributed by atoms with Gasteiger partial charge in [-0.1, -0.05) is 24.3 Å². The Hall–Kier alpha value is -2.24. The lowest BCUT2D eigenvalue weighted by Crippen LogP contribution is -2.12. The van der Waals surface area contributed by atoms with Crippen molar-refractivity contribution in [2.45, 2.75) is 18.0 Å². The van der Waals surface area contributed by atoms with Gasteiger partial charge in [-0.2, -0.15) is 0 Å². The monoisotopic (exact) mass is 325 g/mol. The Morgan fingerprint density at radius 1 is 1.09 bits per heavy atom. The minimum Gasteiger partial charge on any atom is -0.309 e. The zero-order valence-electron chi connectivity index (χ0n) is 13.0. The fraction of sp³-hybridized carbons (Fsp3) is 0.167. The molecule has 0 aliphatic rings. The predicted molar refractivity (Wildman–Crippen MR) is 92.9 cm³/mol. The summed E-state index contributed by atoms with van der Waals surface area (Å²) in [5.74, 6) is 0. The summed E-state index contributed by atoms with van der Waals surface area (Å²) in [4.78, 5) is 4.94. The van der Waals surface area contributed by atoms with Gasteiger partial charge in [-0.15, -0.1) is 0 Å². The van der Waals surface area contributed by atoms with E-state index >= 15 is 0 Å². The number of imidazole rings is 1. The molecule has 3 aromatic rings. The van der Waals surface area contributed by atoms with E-state index in [1.165, 1.54) is 11.1 Å². The van der Waals surface area contributed by atoms with Crippen LogP contribution < -0.4 is 5.32 Å². The third-order valence-corrected chi connectivity index (χ3v) is 4.56. The van der Waals surface area contributed by atoms with E-state index in [9.17, 15) is 4.21 Å². The second-order valence-electron chi connectivity index (χ2n) is 5.34. The molecule has 0 spiro atoms. The van der Waals surface area contributed by atoms with Gasteiger partial charge in [-0.25, -0.2) is 4.98 Å². The Kier molecular flexibility index (Phi) is 5.00. The van der Waals surface area contributed by atoms with E-state index in [4.69, 9.17) is 0 Å². The highest BCUT2D eigenvalue weighted by Crippen LogP contribution is 2.11. The maximum atomic E-state index is 11.4. The molecule has 1 heterocycles. The number of nitrogens with zero attached hydrogens (tertiary/aromatic N) is 2. The van der Waals surface area contributed by atoms with Gasteiger partial charge in [0.05, 0.1) is 6.33 Å². The van der Waals surface area contributed by atoms with Crippen LogP contribution in [0.5, 0.6) is 0 Å². The zero-order chi connectivity index (χ0) is 16.1. The molecule has 0 aliphatic heterocycles. The van der Waals surface area contributed by atoms with E-state index < -0.39 is 10.8 Å². The third kappa shape index (κ3) is 4.15. The van der Waals surface area contributed by atoms with Gasteiger partial charge in [-0.3, -0.25) is 4.21 Å². The normalized spacial score (nSPS) is 12.2. The Balaban J connectivity index is 1.58. The molecule has 0 fully saturated rings. The standard InChI is InChI=1S/C18H19N3OS/c1-23(22)18-7-5-15(6-8-18)12-20-13-16-3-2-4-17(11-16)21-10-9-19-14-21/h2-11,14,20H,12-13H2,1H3/t23-/m0/s1. The fourth-order valence-corrected chi connectivity index (χ4v) is 2.91. The van der Waals surface area contributed by atoms with Gasteiger partial charge in [-0.05, 0) is 35.4 Å². The second kappa shape index (κ2) is 7.35. The summed E-state index contributed by atoms with van der Waals surface area (Å²) in [6.45, 7) is 1.58. The minimum absolute atomic E-state index is 0.784. The molecule has 0 radical (unpaired) electrons. The maximum Gasteiger partial charge on any atom is 0.0991 e. The molecule has 2 aromatic carbocycles. The van der Waals surface area contributed by atoms with E-state index in [1.807, 2.05) is 35.0 Å². The molecular formula is C18H19N3OS. The molecule has 23 heavy (non-hydrogen) atoms. The first-order valence-electron chi connectivity index (χ1n) is 7.43. The minimum atomic E-state index is -0.918. The van der Waals surface area contributed by atoms with Crippen molar-refractivity contribution in [1.82, 2.24) is 14.9 Å². The lowest BCUT2D eigenvalue weighted by molar-refractivity contribution is 0.685. The molecule has 0 aliphatic carbocycles. The molecule has 0 bridgehead atoms. The first-order chi connectivity index (χ1) is 11.2. The van der Waals surface area contributed by atoms with Crippen LogP contribution in [0, 0.1) is 0 Å². The first kappa shape index (κ1) is 15.6. The summed E-state index contributed by atoms with van der Waals surface area (Å²) in [5.41, 5.74) is 3.52.